The van der Waals surface area contributed by atoms with E-state index in [2.05, 4.69) is 32.9 Å². The van der Waals surface area contributed by atoms with Crippen LogP contribution in [0.2, 0.25) is 0 Å². The minimum atomic E-state index is -0.182. The van der Waals surface area contributed by atoms with Crippen molar-refractivity contribution < 1.29 is 13.9 Å². The molecule has 1 fully saturated rings. The third kappa shape index (κ3) is 3.43. The number of fused-ring (bicyclic) bond motifs is 1. The average Bonchev–Trinajstić information content (AvgIpc) is 3.09. The van der Waals surface area contributed by atoms with Gasteiger partial charge >= 0.3 is 5.97 Å². The predicted molar refractivity (Wildman–Crippen MR) is 99.1 cm³/mol. The van der Waals surface area contributed by atoms with Gasteiger partial charge in [0.25, 0.3) is 0 Å². The minimum Gasteiger partial charge on any atom is -0.472 e. The number of rotatable bonds is 5. The van der Waals surface area contributed by atoms with E-state index in [1.54, 1.807) is 6.26 Å². The lowest BCUT2D eigenvalue weighted by molar-refractivity contribution is -0.141. The molecule has 0 aromatic carbocycles. The fraction of sp³-hybridized carbons (Fsp3) is 0.682. The van der Waals surface area contributed by atoms with Crippen LogP contribution in [0.4, 0.5) is 0 Å². The molecule has 0 amide bonds. The van der Waals surface area contributed by atoms with Crippen LogP contribution in [0.1, 0.15) is 65.4 Å². The smallest absolute Gasteiger partial charge is 0.302 e. The Hall–Kier alpha value is -1.51. The number of ether oxygens (including phenoxy) is 1. The summed E-state index contributed by atoms with van der Waals surface area (Å²) in [5.41, 5.74) is 3.11. The maximum absolute atomic E-state index is 11.3. The first-order valence-corrected chi connectivity index (χ1v) is 9.70. The molecular formula is C22H32O3. The van der Waals surface area contributed by atoms with Crippen LogP contribution in [0.5, 0.6) is 0 Å². The van der Waals surface area contributed by atoms with Crippen molar-refractivity contribution in [3.8, 4) is 0 Å². The number of carbonyl (C=O) groups excluding carboxylic acids is 1. The molecule has 0 bridgehead atoms. The third-order valence-corrected chi connectivity index (χ3v) is 7.33. The number of hydrogen-bond donors (Lipinski definition) is 0. The number of hydrogen-bond acceptors (Lipinski definition) is 3. The largest absolute Gasteiger partial charge is 0.472 e. The lowest BCUT2D eigenvalue weighted by atomic mass is 9.47. The number of furan rings is 1. The van der Waals surface area contributed by atoms with Crippen LogP contribution >= 0.6 is 0 Å². The van der Waals surface area contributed by atoms with E-state index >= 15 is 0 Å². The van der Waals surface area contributed by atoms with E-state index in [-0.39, 0.29) is 11.4 Å². The van der Waals surface area contributed by atoms with Gasteiger partial charge in [-0.15, -0.1) is 0 Å². The van der Waals surface area contributed by atoms with Gasteiger partial charge in [0, 0.05) is 6.92 Å². The first-order valence-electron chi connectivity index (χ1n) is 9.70. The third-order valence-electron chi connectivity index (χ3n) is 7.33. The molecule has 3 heteroatoms. The topological polar surface area (TPSA) is 39.4 Å². The van der Waals surface area contributed by atoms with Crippen LogP contribution < -0.4 is 0 Å². The van der Waals surface area contributed by atoms with Gasteiger partial charge in [-0.1, -0.05) is 26.8 Å². The summed E-state index contributed by atoms with van der Waals surface area (Å²) in [6.07, 6.45) is 13.0. The minimum absolute atomic E-state index is 0.158. The summed E-state index contributed by atoms with van der Waals surface area (Å²) in [7, 11) is 0. The summed E-state index contributed by atoms with van der Waals surface area (Å²) in [5, 5.41) is 0. The summed E-state index contributed by atoms with van der Waals surface area (Å²) >= 11 is 0. The van der Waals surface area contributed by atoms with E-state index in [4.69, 9.17) is 9.15 Å². The van der Waals surface area contributed by atoms with Crippen molar-refractivity contribution in [1.82, 2.24) is 0 Å². The molecule has 0 aliphatic heterocycles. The molecule has 3 rings (SSSR count). The van der Waals surface area contributed by atoms with Crippen molar-refractivity contribution in [2.45, 2.75) is 66.2 Å². The Morgan fingerprint density at radius 1 is 1.36 bits per heavy atom. The van der Waals surface area contributed by atoms with Crippen molar-refractivity contribution in [1.29, 1.82) is 0 Å². The zero-order valence-electron chi connectivity index (χ0n) is 16.1. The second kappa shape index (κ2) is 7.01. The zero-order chi connectivity index (χ0) is 18.1. The summed E-state index contributed by atoms with van der Waals surface area (Å²) < 4.78 is 10.6. The van der Waals surface area contributed by atoms with Gasteiger partial charge in [0.2, 0.25) is 0 Å². The van der Waals surface area contributed by atoms with Gasteiger partial charge in [-0.3, -0.25) is 4.79 Å². The summed E-state index contributed by atoms with van der Waals surface area (Å²) in [4.78, 5) is 11.3. The molecule has 0 radical (unpaired) electrons. The van der Waals surface area contributed by atoms with Gasteiger partial charge in [0.15, 0.2) is 0 Å². The Labute approximate surface area is 151 Å². The zero-order valence-corrected chi connectivity index (χ0v) is 16.1. The molecule has 25 heavy (non-hydrogen) atoms. The van der Waals surface area contributed by atoms with E-state index in [0.29, 0.717) is 23.9 Å². The molecule has 138 valence electrons. The first kappa shape index (κ1) is 18.3. The van der Waals surface area contributed by atoms with Gasteiger partial charge in [-0.05, 0) is 78.4 Å². The average molecular weight is 344 g/mol. The number of aryl methyl sites for hydroxylation is 1. The summed E-state index contributed by atoms with van der Waals surface area (Å²) in [6.45, 7) is 9.30. The van der Waals surface area contributed by atoms with Gasteiger partial charge in [-0.25, -0.2) is 0 Å². The maximum atomic E-state index is 11.3. The Morgan fingerprint density at radius 3 is 2.84 bits per heavy atom. The van der Waals surface area contributed by atoms with Crippen LogP contribution in [0.25, 0.3) is 0 Å². The molecular weight excluding hydrogens is 312 g/mol. The molecule has 0 unspecified atom stereocenters. The molecule has 0 N–H and O–H groups in total. The second-order valence-corrected chi connectivity index (χ2v) is 8.63. The molecule has 1 aromatic rings. The highest BCUT2D eigenvalue weighted by molar-refractivity contribution is 5.66. The fourth-order valence-electron chi connectivity index (χ4n) is 5.45. The SMILES string of the molecule is CC(=O)OCC1=CCC[C@H]2[C@](C)(CCc3ccoc3)[C@@H](C)CC[C@]12C. The van der Waals surface area contributed by atoms with Crippen LogP contribution in [0.15, 0.2) is 34.7 Å². The monoisotopic (exact) mass is 344 g/mol. The summed E-state index contributed by atoms with van der Waals surface area (Å²) in [6, 6.07) is 2.09. The van der Waals surface area contributed by atoms with Crippen molar-refractivity contribution in [3.63, 3.8) is 0 Å². The molecule has 1 saturated carbocycles. The van der Waals surface area contributed by atoms with Gasteiger partial charge in [0.05, 0.1) is 12.5 Å². The Balaban J connectivity index is 1.82. The number of esters is 1. The molecule has 0 saturated heterocycles. The summed E-state index contributed by atoms with van der Waals surface area (Å²) in [5.74, 6) is 1.18. The van der Waals surface area contributed by atoms with E-state index in [9.17, 15) is 4.79 Å². The van der Waals surface area contributed by atoms with Crippen molar-refractivity contribution in [2.24, 2.45) is 22.7 Å². The van der Waals surface area contributed by atoms with E-state index in [1.165, 1.54) is 43.7 Å². The normalized spacial score (nSPS) is 35.0. The highest BCUT2D eigenvalue weighted by atomic mass is 16.5. The molecule has 0 spiro atoms. The van der Waals surface area contributed by atoms with E-state index in [0.717, 1.165) is 12.8 Å². The van der Waals surface area contributed by atoms with Gasteiger partial charge < -0.3 is 9.15 Å². The van der Waals surface area contributed by atoms with Crippen molar-refractivity contribution in [2.75, 3.05) is 6.61 Å². The maximum Gasteiger partial charge on any atom is 0.302 e. The standard InChI is InChI=1S/C22H32O3/c1-16-8-11-22(4)19(15-25-17(2)23)6-5-7-20(22)21(16,3)12-9-18-10-13-24-14-18/h6,10,13-14,16,20H,5,7-9,11-12,15H2,1-4H3/t16-,20-,21+,22+/m0/s1. The van der Waals surface area contributed by atoms with E-state index < -0.39 is 0 Å². The quantitative estimate of drug-likeness (QED) is 0.519. The van der Waals surface area contributed by atoms with Crippen molar-refractivity contribution >= 4 is 5.97 Å². The lowest BCUT2D eigenvalue weighted by Crippen LogP contribution is -2.50. The van der Waals surface area contributed by atoms with Crippen LogP contribution in [0.3, 0.4) is 0 Å². The highest BCUT2D eigenvalue weighted by Gasteiger charge is 2.53. The first-order chi connectivity index (χ1) is 11.9. The fourth-order valence-corrected chi connectivity index (χ4v) is 5.45. The Kier molecular flexibility index (Phi) is 5.13. The Bertz CT molecular complexity index is 630. The second-order valence-electron chi connectivity index (χ2n) is 8.63. The van der Waals surface area contributed by atoms with Gasteiger partial charge in [0.1, 0.15) is 6.61 Å². The molecule has 2 aliphatic rings. The van der Waals surface area contributed by atoms with Crippen molar-refractivity contribution in [3.05, 3.63) is 35.8 Å². The molecule has 2 aliphatic carbocycles. The van der Waals surface area contributed by atoms with Gasteiger partial charge in [-0.2, -0.15) is 0 Å². The molecule has 1 aromatic heterocycles. The molecule has 4 atom stereocenters. The molecule has 1 heterocycles. The van der Waals surface area contributed by atoms with E-state index in [1.807, 2.05) is 6.26 Å². The molecule has 3 nitrogen and oxygen atoms in total. The van der Waals surface area contributed by atoms with Crippen LogP contribution in [0, 0.1) is 22.7 Å². The highest BCUT2D eigenvalue weighted by Crippen LogP contribution is 2.61. The predicted octanol–water partition coefficient (Wildman–Crippen LogP) is 5.55. The lowest BCUT2D eigenvalue weighted by Gasteiger charge is -2.58. The number of carbonyl (C=O) groups is 1. The van der Waals surface area contributed by atoms with Crippen LogP contribution in [-0.2, 0) is 16.0 Å². The Morgan fingerprint density at radius 2 is 2.16 bits per heavy atom. The number of allylic oxidation sites excluding steroid dienone is 1. The van der Waals surface area contributed by atoms with Crippen LogP contribution in [-0.4, -0.2) is 12.6 Å².